The van der Waals surface area contributed by atoms with Gasteiger partial charge in [-0.1, -0.05) is 42.7 Å². The number of benzene rings is 1. The monoisotopic (exact) mass is 316 g/mol. The van der Waals surface area contributed by atoms with Crippen LogP contribution in [0.1, 0.15) is 32.1 Å². The molecule has 116 valence electrons. The van der Waals surface area contributed by atoms with Gasteiger partial charge in [0.2, 0.25) is 0 Å². The third-order valence-corrected chi connectivity index (χ3v) is 4.81. The molecule has 5 nitrogen and oxygen atoms in total. The van der Waals surface area contributed by atoms with Gasteiger partial charge in [0.05, 0.1) is 16.8 Å². The van der Waals surface area contributed by atoms with E-state index in [0.29, 0.717) is 5.92 Å². The maximum Gasteiger partial charge on any atom is 0.259 e. The Bertz CT molecular complexity index is 628. The molecule has 0 aliphatic heterocycles. The zero-order valence-corrected chi connectivity index (χ0v) is 13.2. The summed E-state index contributed by atoms with van der Waals surface area (Å²) >= 11 is 1.55. The summed E-state index contributed by atoms with van der Waals surface area (Å²) in [5, 5.41) is 7.87. The highest BCUT2D eigenvalue weighted by molar-refractivity contribution is 7.22. The van der Waals surface area contributed by atoms with Crippen molar-refractivity contribution < 1.29 is 4.79 Å². The van der Waals surface area contributed by atoms with Crippen LogP contribution >= 0.6 is 11.3 Å². The number of hydrazone groups is 1. The van der Waals surface area contributed by atoms with Gasteiger partial charge < -0.3 is 5.32 Å². The number of aromatic nitrogens is 1. The Morgan fingerprint density at radius 3 is 2.95 bits per heavy atom. The molecule has 2 N–H and O–H groups in total. The first-order chi connectivity index (χ1) is 10.8. The van der Waals surface area contributed by atoms with Gasteiger partial charge in [-0.25, -0.2) is 10.4 Å². The third-order valence-electron chi connectivity index (χ3n) is 3.82. The Hall–Kier alpha value is -1.95. The molecule has 2 aromatic rings. The quantitative estimate of drug-likeness (QED) is 0.656. The van der Waals surface area contributed by atoms with E-state index in [1.54, 1.807) is 11.3 Å². The van der Waals surface area contributed by atoms with Crippen molar-refractivity contribution in [3.63, 3.8) is 0 Å². The fourth-order valence-electron chi connectivity index (χ4n) is 2.64. The van der Waals surface area contributed by atoms with Gasteiger partial charge in [-0.3, -0.25) is 4.79 Å². The number of anilines is 1. The van der Waals surface area contributed by atoms with E-state index in [0.717, 1.165) is 15.3 Å². The molecule has 6 heteroatoms. The maximum atomic E-state index is 11.8. The smallest absolute Gasteiger partial charge is 0.259 e. The summed E-state index contributed by atoms with van der Waals surface area (Å²) < 4.78 is 1.11. The van der Waals surface area contributed by atoms with E-state index in [4.69, 9.17) is 0 Å². The van der Waals surface area contributed by atoms with Crippen molar-refractivity contribution in [1.82, 2.24) is 10.4 Å². The first-order valence-corrected chi connectivity index (χ1v) is 8.54. The molecular weight excluding hydrogens is 296 g/mol. The summed E-state index contributed by atoms with van der Waals surface area (Å²) in [5.41, 5.74) is 3.53. The molecule has 1 aliphatic carbocycles. The lowest BCUT2D eigenvalue weighted by molar-refractivity contribution is -0.119. The number of nitrogens with zero attached hydrogens (tertiary/aromatic N) is 2. The summed E-state index contributed by atoms with van der Waals surface area (Å²) in [5.74, 6) is 0.373. The molecule has 0 bridgehead atoms. The van der Waals surface area contributed by atoms with Crippen molar-refractivity contribution in [3.8, 4) is 0 Å². The zero-order valence-electron chi connectivity index (χ0n) is 12.4. The van der Waals surface area contributed by atoms with Gasteiger partial charge in [0.1, 0.15) is 0 Å². The van der Waals surface area contributed by atoms with E-state index >= 15 is 0 Å². The lowest BCUT2D eigenvalue weighted by atomic mass is 9.90. The molecular formula is C16H20N4OS. The summed E-state index contributed by atoms with van der Waals surface area (Å²) in [6, 6.07) is 7.92. The standard InChI is InChI=1S/C16H20N4OS/c21-15(20-18-10-12-6-2-1-3-7-12)11-17-16-19-13-8-4-5-9-14(13)22-16/h4-5,8-10,12H,1-3,6-7,11H2,(H,17,19)(H,20,21)/b18-10-. The summed E-state index contributed by atoms with van der Waals surface area (Å²) in [6.45, 7) is 0.182. The summed E-state index contributed by atoms with van der Waals surface area (Å²) in [6.07, 6.45) is 8.11. The van der Waals surface area contributed by atoms with Gasteiger partial charge in [-0.15, -0.1) is 0 Å². The minimum Gasteiger partial charge on any atom is -0.352 e. The van der Waals surface area contributed by atoms with Crippen molar-refractivity contribution in [2.45, 2.75) is 32.1 Å². The number of hydrogen-bond acceptors (Lipinski definition) is 5. The van der Waals surface area contributed by atoms with Gasteiger partial charge in [-0.2, -0.15) is 5.10 Å². The molecule has 1 aliphatic rings. The summed E-state index contributed by atoms with van der Waals surface area (Å²) in [7, 11) is 0. The number of amides is 1. The van der Waals surface area contributed by atoms with E-state index in [-0.39, 0.29) is 12.5 Å². The van der Waals surface area contributed by atoms with Gasteiger partial charge in [0.15, 0.2) is 5.13 Å². The van der Waals surface area contributed by atoms with Crippen LogP contribution in [0.5, 0.6) is 0 Å². The number of nitrogens with one attached hydrogen (secondary N) is 2. The minimum absolute atomic E-state index is 0.147. The van der Waals surface area contributed by atoms with Crippen LogP contribution in [-0.2, 0) is 4.79 Å². The Morgan fingerprint density at radius 2 is 2.14 bits per heavy atom. The van der Waals surface area contributed by atoms with Crippen LogP contribution in [0.25, 0.3) is 10.2 Å². The van der Waals surface area contributed by atoms with Crippen LogP contribution < -0.4 is 10.7 Å². The lowest BCUT2D eigenvalue weighted by Gasteiger charge is -2.16. The van der Waals surface area contributed by atoms with Crippen LogP contribution in [0.2, 0.25) is 0 Å². The highest BCUT2D eigenvalue weighted by atomic mass is 32.1. The normalized spacial score (nSPS) is 16.2. The number of carbonyl (C=O) groups is 1. The molecule has 22 heavy (non-hydrogen) atoms. The van der Waals surface area contributed by atoms with Crippen LogP contribution in [0.15, 0.2) is 29.4 Å². The van der Waals surface area contributed by atoms with Gasteiger partial charge in [0, 0.05) is 6.21 Å². The number of fused-ring (bicyclic) bond motifs is 1. The first kappa shape index (κ1) is 15.0. The largest absolute Gasteiger partial charge is 0.352 e. The van der Waals surface area contributed by atoms with Gasteiger partial charge in [0.25, 0.3) is 5.91 Å². The van der Waals surface area contributed by atoms with Crippen molar-refractivity contribution in [2.24, 2.45) is 11.0 Å². The number of para-hydroxylation sites is 1. The molecule has 0 radical (unpaired) electrons. The highest BCUT2D eigenvalue weighted by Crippen LogP contribution is 2.25. The molecule has 0 spiro atoms. The Kier molecular flexibility index (Phi) is 5.00. The number of hydrogen-bond donors (Lipinski definition) is 2. The number of carbonyl (C=O) groups excluding carboxylic acids is 1. The second-order valence-corrected chi connectivity index (χ2v) is 6.58. The Labute approximate surface area is 133 Å². The van der Waals surface area contributed by atoms with E-state index in [9.17, 15) is 4.79 Å². The van der Waals surface area contributed by atoms with Crippen molar-refractivity contribution in [2.75, 3.05) is 11.9 Å². The number of thiazole rings is 1. The summed E-state index contributed by atoms with van der Waals surface area (Å²) in [4.78, 5) is 16.2. The predicted octanol–water partition coefficient (Wildman–Crippen LogP) is 3.39. The molecule has 1 aromatic carbocycles. The van der Waals surface area contributed by atoms with Gasteiger partial charge in [-0.05, 0) is 30.9 Å². The molecule has 0 unspecified atom stereocenters. The molecule has 1 saturated carbocycles. The minimum atomic E-state index is -0.147. The molecule has 0 saturated heterocycles. The topological polar surface area (TPSA) is 66.4 Å². The van der Waals surface area contributed by atoms with E-state index < -0.39 is 0 Å². The fourth-order valence-corrected chi connectivity index (χ4v) is 3.50. The Balaban J connectivity index is 1.44. The average molecular weight is 316 g/mol. The van der Waals surface area contributed by atoms with E-state index in [1.807, 2.05) is 30.5 Å². The third kappa shape index (κ3) is 4.04. The zero-order chi connectivity index (χ0) is 15.2. The average Bonchev–Trinajstić information content (AvgIpc) is 2.97. The molecule has 1 heterocycles. The highest BCUT2D eigenvalue weighted by Gasteiger charge is 2.11. The van der Waals surface area contributed by atoms with E-state index in [1.165, 1.54) is 32.1 Å². The van der Waals surface area contributed by atoms with Crippen LogP contribution in [0.4, 0.5) is 5.13 Å². The van der Waals surface area contributed by atoms with Crippen LogP contribution in [0.3, 0.4) is 0 Å². The second kappa shape index (κ2) is 7.35. The van der Waals surface area contributed by atoms with Gasteiger partial charge >= 0.3 is 0 Å². The second-order valence-electron chi connectivity index (χ2n) is 5.55. The number of rotatable bonds is 5. The van der Waals surface area contributed by atoms with Crippen molar-refractivity contribution in [3.05, 3.63) is 24.3 Å². The SMILES string of the molecule is O=C(CNc1nc2ccccc2s1)N/N=C\C1CCCCC1. The van der Waals surface area contributed by atoms with Crippen LogP contribution in [-0.4, -0.2) is 23.7 Å². The Morgan fingerprint density at radius 1 is 1.32 bits per heavy atom. The predicted molar refractivity (Wildman–Crippen MR) is 91.3 cm³/mol. The molecule has 1 amide bonds. The molecule has 3 rings (SSSR count). The maximum absolute atomic E-state index is 11.8. The fraction of sp³-hybridized carbons (Fsp3) is 0.438. The molecule has 1 fully saturated rings. The molecule has 1 aromatic heterocycles. The molecule has 0 atom stereocenters. The first-order valence-electron chi connectivity index (χ1n) is 7.73. The lowest BCUT2D eigenvalue weighted by Crippen LogP contribution is -2.26. The van der Waals surface area contributed by atoms with Crippen molar-refractivity contribution >= 4 is 38.8 Å². The van der Waals surface area contributed by atoms with Crippen LogP contribution in [0, 0.1) is 5.92 Å². The van der Waals surface area contributed by atoms with Crippen molar-refractivity contribution in [1.29, 1.82) is 0 Å². The van der Waals surface area contributed by atoms with E-state index in [2.05, 4.69) is 20.8 Å².